The molecule has 0 radical (unpaired) electrons. The molecule has 0 aliphatic carbocycles. The third kappa shape index (κ3) is 1.82. The molecule has 0 atom stereocenters. The minimum absolute atomic E-state index is 0.253. The Kier molecular flexibility index (Phi) is 2.51. The molecular weight excluding hydrogens is 182 g/mol. The number of hydrogen-bond acceptors (Lipinski definition) is 4. The van der Waals surface area contributed by atoms with Gasteiger partial charge >= 0.3 is 0 Å². The van der Waals surface area contributed by atoms with Gasteiger partial charge in [0.1, 0.15) is 5.60 Å². The summed E-state index contributed by atoms with van der Waals surface area (Å²) in [6, 6.07) is 0. The average Bonchev–Trinajstić information content (AvgIpc) is 1.99. The van der Waals surface area contributed by atoms with Crippen LogP contribution in [0.3, 0.4) is 0 Å². The smallest absolute Gasteiger partial charge is 0.151 e. The molecule has 82 valence electrons. The van der Waals surface area contributed by atoms with Crippen molar-refractivity contribution in [1.82, 2.24) is 5.06 Å². The summed E-state index contributed by atoms with van der Waals surface area (Å²) in [6.07, 6.45) is 1.09. The third-order valence-electron chi connectivity index (χ3n) is 2.84. The predicted molar refractivity (Wildman–Crippen MR) is 52.0 cm³/mol. The Balaban J connectivity index is 3.03. The summed E-state index contributed by atoms with van der Waals surface area (Å²) in [5, 5.41) is 21.1. The van der Waals surface area contributed by atoms with Crippen molar-refractivity contribution in [3.63, 3.8) is 0 Å². The minimum Gasteiger partial charge on any atom is -0.382 e. The maximum atomic E-state index is 10.8. The highest BCUT2D eigenvalue weighted by Gasteiger charge is 2.51. The number of aldehydes is 1. The van der Waals surface area contributed by atoms with Gasteiger partial charge in [-0.15, -0.1) is 0 Å². The Morgan fingerprint density at radius 2 is 1.50 bits per heavy atom. The van der Waals surface area contributed by atoms with Crippen LogP contribution < -0.4 is 0 Å². The molecule has 2 N–H and O–H groups in total. The molecule has 1 aliphatic heterocycles. The normalized spacial score (nSPS) is 29.9. The van der Waals surface area contributed by atoms with E-state index in [4.69, 9.17) is 0 Å². The highest BCUT2D eigenvalue weighted by Crippen LogP contribution is 2.41. The molecule has 0 spiro atoms. The summed E-state index contributed by atoms with van der Waals surface area (Å²) in [5.41, 5.74) is -2.49. The number of hydrogen-bond donors (Lipinski definition) is 2. The lowest BCUT2D eigenvalue weighted by Crippen LogP contribution is -2.64. The van der Waals surface area contributed by atoms with Gasteiger partial charge in [0.2, 0.25) is 0 Å². The molecule has 0 bridgehead atoms. The van der Waals surface area contributed by atoms with Gasteiger partial charge in [-0.05, 0) is 27.7 Å². The monoisotopic (exact) mass is 201 g/mol. The molecule has 0 saturated carbocycles. The molecule has 0 aromatic rings. The quantitative estimate of drug-likeness (QED) is 0.620. The zero-order valence-corrected chi connectivity index (χ0v) is 9.24. The van der Waals surface area contributed by atoms with Crippen molar-refractivity contribution in [2.45, 2.75) is 57.2 Å². The number of rotatable bonds is 1. The molecule has 0 aromatic carbocycles. The largest absolute Gasteiger partial charge is 0.382 e. The standard InChI is InChI=1S/C10H19NO3/c1-8(2)5-10(13,7-12)6-9(3,4)11(8)14/h7,13-14H,5-6H2,1-4H3. The van der Waals surface area contributed by atoms with Crippen molar-refractivity contribution >= 4 is 6.29 Å². The van der Waals surface area contributed by atoms with E-state index in [0.717, 1.165) is 0 Å². The zero-order valence-electron chi connectivity index (χ0n) is 9.24. The van der Waals surface area contributed by atoms with Crippen LogP contribution >= 0.6 is 0 Å². The van der Waals surface area contributed by atoms with E-state index in [9.17, 15) is 15.1 Å². The molecule has 1 rings (SSSR count). The fourth-order valence-electron chi connectivity index (χ4n) is 2.61. The molecule has 4 nitrogen and oxygen atoms in total. The van der Waals surface area contributed by atoms with Crippen molar-refractivity contribution in [3.8, 4) is 0 Å². The first kappa shape index (κ1) is 11.6. The van der Waals surface area contributed by atoms with Crippen molar-refractivity contribution < 1.29 is 15.1 Å². The maximum absolute atomic E-state index is 10.8. The van der Waals surface area contributed by atoms with Crippen LogP contribution in [0.5, 0.6) is 0 Å². The number of carbonyl (C=O) groups is 1. The van der Waals surface area contributed by atoms with Crippen LogP contribution in [0.2, 0.25) is 0 Å². The summed E-state index contributed by atoms with van der Waals surface area (Å²) in [7, 11) is 0. The lowest BCUT2D eigenvalue weighted by Gasteiger charge is -2.53. The fourth-order valence-corrected chi connectivity index (χ4v) is 2.61. The summed E-state index contributed by atoms with van der Waals surface area (Å²) >= 11 is 0. The topological polar surface area (TPSA) is 60.8 Å². The van der Waals surface area contributed by atoms with Crippen LogP contribution in [0.1, 0.15) is 40.5 Å². The van der Waals surface area contributed by atoms with Crippen LogP contribution in [-0.2, 0) is 4.79 Å². The maximum Gasteiger partial charge on any atom is 0.151 e. The molecule has 1 heterocycles. The zero-order chi connectivity index (χ0) is 11.2. The number of nitrogens with zero attached hydrogens (tertiary/aromatic N) is 1. The van der Waals surface area contributed by atoms with E-state index in [2.05, 4.69) is 0 Å². The van der Waals surface area contributed by atoms with Crippen molar-refractivity contribution in [1.29, 1.82) is 0 Å². The van der Waals surface area contributed by atoms with Crippen molar-refractivity contribution in [2.75, 3.05) is 0 Å². The second-order valence-electron chi connectivity index (χ2n) is 5.51. The molecule has 14 heavy (non-hydrogen) atoms. The molecule has 0 aromatic heterocycles. The second-order valence-corrected chi connectivity index (χ2v) is 5.51. The number of carbonyl (C=O) groups excluding carboxylic acids is 1. The summed E-state index contributed by atoms with van der Waals surface area (Å²) < 4.78 is 0. The van der Waals surface area contributed by atoms with Gasteiger partial charge in [0, 0.05) is 23.9 Å². The molecule has 1 fully saturated rings. The van der Waals surface area contributed by atoms with Gasteiger partial charge in [-0.1, -0.05) is 0 Å². The fraction of sp³-hybridized carbons (Fsp3) is 0.900. The Morgan fingerprint density at radius 3 is 1.79 bits per heavy atom. The van der Waals surface area contributed by atoms with Crippen molar-refractivity contribution in [2.24, 2.45) is 0 Å². The van der Waals surface area contributed by atoms with E-state index < -0.39 is 16.7 Å². The van der Waals surface area contributed by atoms with Gasteiger partial charge < -0.3 is 15.1 Å². The van der Waals surface area contributed by atoms with E-state index in [1.54, 1.807) is 0 Å². The number of piperidine rings is 1. The van der Waals surface area contributed by atoms with E-state index >= 15 is 0 Å². The van der Waals surface area contributed by atoms with Gasteiger partial charge in [-0.3, -0.25) is 0 Å². The lowest BCUT2D eigenvalue weighted by atomic mass is 9.73. The van der Waals surface area contributed by atoms with Crippen LogP contribution in [0.25, 0.3) is 0 Å². The van der Waals surface area contributed by atoms with E-state index in [0.29, 0.717) is 6.29 Å². The third-order valence-corrected chi connectivity index (χ3v) is 2.84. The molecular formula is C10H19NO3. The van der Waals surface area contributed by atoms with Crippen LogP contribution in [0.15, 0.2) is 0 Å². The van der Waals surface area contributed by atoms with Gasteiger partial charge in [-0.25, -0.2) is 0 Å². The predicted octanol–water partition coefficient (Wildman–Crippen LogP) is 0.959. The first-order chi connectivity index (χ1) is 6.13. The highest BCUT2D eigenvalue weighted by atomic mass is 16.5. The Bertz CT molecular complexity index is 230. The number of aliphatic hydroxyl groups is 1. The Hall–Kier alpha value is -0.450. The van der Waals surface area contributed by atoms with E-state index in [1.165, 1.54) is 5.06 Å². The van der Waals surface area contributed by atoms with Gasteiger partial charge in [0.05, 0.1) is 0 Å². The Labute approximate surface area is 84.5 Å². The average molecular weight is 201 g/mol. The summed E-state index contributed by atoms with van der Waals surface area (Å²) in [4.78, 5) is 10.8. The summed E-state index contributed by atoms with van der Waals surface area (Å²) in [6.45, 7) is 7.23. The van der Waals surface area contributed by atoms with Crippen LogP contribution in [0, 0.1) is 0 Å². The van der Waals surface area contributed by atoms with Crippen LogP contribution in [-0.4, -0.2) is 38.3 Å². The molecule has 1 aliphatic rings. The Morgan fingerprint density at radius 1 is 1.14 bits per heavy atom. The molecule has 0 amide bonds. The molecule has 4 heteroatoms. The van der Waals surface area contributed by atoms with Gasteiger partial charge in [-0.2, -0.15) is 5.06 Å². The molecule has 1 saturated heterocycles. The van der Waals surface area contributed by atoms with E-state index in [-0.39, 0.29) is 12.8 Å². The van der Waals surface area contributed by atoms with Crippen LogP contribution in [0.4, 0.5) is 0 Å². The summed E-state index contributed by atoms with van der Waals surface area (Å²) in [5.74, 6) is 0. The van der Waals surface area contributed by atoms with Gasteiger partial charge in [0.15, 0.2) is 6.29 Å². The van der Waals surface area contributed by atoms with Crippen molar-refractivity contribution in [3.05, 3.63) is 0 Å². The number of hydroxylamine groups is 2. The van der Waals surface area contributed by atoms with E-state index in [1.807, 2.05) is 27.7 Å². The first-order valence-electron chi connectivity index (χ1n) is 4.81. The first-order valence-corrected chi connectivity index (χ1v) is 4.81. The van der Waals surface area contributed by atoms with Gasteiger partial charge in [0.25, 0.3) is 0 Å². The second kappa shape index (κ2) is 3.02. The highest BCUT2D eigenvalue weighted by molar-refractivity contribution is 5.63. The molecule has 0 unspecified atom stereocenters. The lowest BCUT2D eigenvalue weighted by molar-refractivity contribution is -0.268. The SMILES string of the molecule is CC1(C)CC(O)(C=O)CC(C)(C)N1O. The minimum atomic E-state index is -1.31.